The molecule has 27 heavy (non-hydrogen) atoms. The first-order valence-corrected chi connectivity index (χ1v) is 10.0. The maximum atomic E-state index is 13.2. The van der Waals surface area contributed by atoms with E-state index in [4.69, 9.17) is 0 Å². The Morgan fingerprint density at radius 2 is 1.89 bits per heavy atom. The number of hydrogen-bond acceptors (Lipinski definition) is 3. The zero-order valence-electron chi connectivity index (χ0n) is 17.2. The predicted octanol–water partition coefficient (Wildman–Crippen LogP) is 4.67. The Balaban J connectivity index is 2.32. The highest BCUT2D eigenvalue weighted by molar-refractivity contribution is 6.01. The van der Waals surface area contributed by atoms with Crippen LogP contribution in [0.3, 0.4) is 0 Å². The Kier molecular flexibility index (Phi) is 7.22. The fourth-order valence-corrected chi connectivity index (χ4v) is 3.54. The van der Waals surface area contributed by atoms with Gasteiger partial charge in [0.2, 0.25) is 5.91 Å². The summed E-state index contributed by atoms with van der Waals surface area (Å²) < 4.78 is 1.51. The number of allylic oxidation sites excluding steroid dienone is 1. The Morgan fingerprint density at radius 3 is 2.41 bits per heavy atom. The zero-order valence-corrected chi connectivity index (χ0v) is 17.2. The normalized spacial score (nSPS) is 20.6. The van der Waals surface area contributed by atoms with Crippen molar-refractivity contribution in [3.63, 3.8) is 0 Å². The summed E-state index contributed by atoms with van der Waals surface area (Å²) in [6, 6.07) is -0.155. The summed E-state index contributed by atoms with van der Waals surface area (Å²) in [5.74, 6) is 0.293. The molecule has 2 rings (SSSR count). The number of carbonyl (C=O) groups is 2. The van der Waals surface area contributed by atoms with E-state index in [1.54, 1.807) is 11.1 Å². The summed E-state index contributed by atoms with van der Waals surface area (Å²) >= 11 is 0. The predicted molar refractivity (Wildman–Crippen MR) is 108 cm³/mol. The van der Waals surface area contributed by atoms with E-state index in [-0.39, 0.29) is 29.2 Å². The summed E-state index contributed by atoms with van der Waals surface area (Å²) in [4.78, 5) is 26.6. The molecule has 0 spiro atoms. The van der Waals surface area contributed by atoms with E-state index in [1.165, 1.54) is 10.9 Å². The summed E-state index contributed by atoms with van der Waals surface area (Å²) in [5, 5.41) is 14.1. The number of carboxylic acid groups (broad SMARTS) is 1. The molecule has 6 nitrogen and oxygen atoms in total. The van der Waals surface area contributed by atoms with Gasteiger partial charge in [0.05, 0.1) is 0 Å². The van der Waals surface area contributed by atoms with Crippen molar-refractivity contribution in [1.29, 1.82) is 0 Å². The maximum Gasteiger partial charge on any atom is 0.341 e. The number of carboxylic acids is 1. The third kappa shape index (κ3) is 5.44. The number of carbonyl (C=O) groups excluding carboxylic acids is 1. The highest BCUT2D eigenvalue weighted by Crippen LogP contribution is 2.32. The molecule has 0 saturated heterocycles. The molecule has 150 valence electrons. The molecule has 1 aromatic heterocycles. The van der Waals surface area contributed by atoms with Gasteiger partial charge in [-0.05, 0) is 57.8 Å². The average Bonchev–Trinajstić information content (AvgIpc) is 2.98. The minimum atomic E-state index is -1.07. The molecular formula is C21H33N3O3. The van der Waals surface area contributed by atoms with Gasteiger partial charge in [-0.15, -0.1) is 5.10 Å². The van der Waals surface area contributed by atoms with Crippen LogP contribution in [-0.2, 0) is 4.79 Å². The Bertz CT molecular complexity index is 683. The molecule has 0 radical (unpaired) electrons. The van der Waals surface area contributed by atoms with Gasteiger partial charge >= 0.3 is 5.97 Å². The van der Waals surface area contributed by atoms with Crippen molar-refractivity contribution in [2.45, 2.75) is 72.8 Å². The monoisotopic (exact) mass is 375 g/mol. The molecule has 1 aliphatic rings. The van der Waals surface area contributed by atoms with E-state index >= 15 is 0 Å². The van der Waals surface area contributed by atoms with Gasteiger partial charge < -0.3 is 5.11 Å². The van der Waals surface area contributed by atoms with Gasteiger partial charge in [0.15, 0.2) is 5.82 Å². The van der Waals surface area contributed by atoms with Crippen molar-refractivity contribution in [2.24, 2.45) is 17.8 Å². The zero-order chi connectivity index (χ0) is 20.1. The highest BCUT2D eigenvalue weighted by atomic mass is 16.4. The minimum absolute atomic E-state index is 0.00388. The molecule has 1 fully saturated rings. The first-order chi connectivity index (χ1) is 12.7. The van der Waals surface area contributed by atoms with Crippen molar-refractivity contribution >= 4 is 23.9 Å². The molecular weight excluding hydrogens is 342 g/mol. The average molecular weight is 376 g/mol. The molecule has 0 bridgehead atoms. The van der Waals surface area contributed by atoms with Gasteiger partial charge in [0, 0.05) is 24.4 Å². The first kappa shape index (κ1) is 21.2. The summed E-state index contributed by atoms with van der Waals surface area (Å²) in [7, 11) is 0. The molecule has 0 aliphatic heterocycles. The van der Waals surface area contributed by atoms with Crippen LogP contribution in [0.2, 0.25) is 0 Å². The van der Waals surface area contributed by atoms with Crippen LogP contribution >= 0.6 is 0 Å². The van der Waals surface area contributed by atoms with E-state index < -0.39 is 5.97 Å². The van der Waals surface area contributed by atoms with Crippen molar-refractivity contribution in [2.75, 3.05) is 4.90 Å². The van der Waals surface area contributed by atoms with E-state index in [0.717, 1.165) is 32.1 Å². The molecule has 1 N–H and O–H groups in total. The molecule has 1 aromatic rings. The topological polar surface area (TPSA) is 75.4 Å². The number of anilines is 1. The molecule has 6 heteroatoms. The molecule has 0 aromatic carbocycles. The largest absolute Gasteiger partial charge is 0.477 e. The van der Waals surface area contributed by atoms with Crippen LogP contribution in [-0.4, -0.2) is 32.8 Å². The Hall–Kier alpha value is -2.11. The van der Waals surface area contributed by atoms with Crippen LogP contribution < -0.4 is 4.90 Å². The number of amides is 1. The Labute approximate surface area is 162 Å². The second-order valence-corrected chi connectivity index (χ2v) is 8.42. The van der Waals surface area contributed by atoms with Crippen LogP contribution in [0.4, 0.5) is 5.82 Å². The lowest BCUT2D eigenvalue weighted by Gasteiger charge is -2.32. The van der Waals surface area contributed by atoms with Crippen molar-refractivity contribution < 1.29 is 14.7 Å². The van der Waals surface area contributed by atoms with Crippen LogP contribution in [0.5, 0.6) is 0 Å². The van der Waals surface area contributed by atoms with Crippen molar-refractivity contribution in [3.8, 4) is 0 Å². The SMILES string of the molecule is CC(C)CC=Cn1cc(C(=O)O)c(N(C(=O)C2CCC(C)CC2)C(C)C)n1. The lowest BCUT2D eigenvalue weighted by atomic mass is 9.82. The summed E-state index contributed by atoms with van der Waals surface area (Å²) in [6.45, 7) is 10.3. The third-order valence-electron chi connectivity index (χ3n) is 5.16. The maximum absolute atomic E-state index is 13.2. The number of aromatic nitrogens is 2. The van der Waals surface area contributed by atoms with Gasteiger partial charge in [-0.3, -0.25) is 9.69 Å². The van der Waals surface area contributed by atoms with E-state index in [1.807, 2.05) is 19.9 Å². The molecule has 1 saturated carbocycles. The second kappa shape index (κ2) is 9.20. The molecule has 1 heterocycles. The summed E-state index contributed by atoms with van der Waals surface area (Å²) in [5.41, 5.74) is 0.0652. The lowest BCUT2D eigenvalue weighted by molar-refractivity contribution is -0.123. The van der Waals surface area contributed by atoms with Gasteiger partial charge in [-0.25, -0.2) is 9.48 Å². The number of aromatic carboxylic acids is 1. The van der Waals surface area contributed by atoms with E-state index in [2.05, 4.69) is 25.9 Å². The van der Waals surface area contributed by atoms with Crippen molar-refractivity contribution in [1.82, 2.24) is 9.78 Å². The van der Waals surface area contributed by atoms with Crippen LogP contribution in [0.25, 0.3) is 6.20 Å². The number of nitrogens with zero attached hydrogens (tertiary/aromatic N) is 3. The summed E-state index contributed by atoms with van der Waals surface area (Å²) in [6.07, 6.45) is 9.91. The highest BCUT2D eigenvalue weighted by Gasteiger charge is 2.33. The van der Waals surface area contributed by atoms with E-state index in [0.29, 0.717) is 11.8 Å². The smallest absolute Gasteiger partial charge is 0.341 e. The molecule has 0 atom stereocenters. The lowest BCUT2D eigenvalue weighted by Crippen LogP contribution is -2.43. The second-order valence-electron chi connectivity index (χ2n) is 8.42. The molecule has 0 unspecified atom stereocenters. The molecule has 1 aliphatic carbocycles. The third-order valence-corrected chi connectivity index (χ3v) is 5.16. The van der Waals surface area contributed by atoms with Crippen LogP contribution in [0.15, 0.2) is 12.3 Å². The standard InChI is InChI=1S/C21H33N3O3/c1-14(2)7-6-12-23-13-18(21(26)27)19(22-23)24(15(3)4)20(25)17-10-8-16(5)9-11-17/h6,12-17H,7-11H2,1-5H3,(H,26,27). The fraction of sp³-hybridized carbons (Fsp3) is 0.667. The van der Waals surface area contributed by atoms with Gasteiger partial charge in [-0.1, -0.05) is 26.8 Å². The number of rotatable bonds is 7. The van der Waals surface area contributed by atoms with Gasteiger partial charge in [-0.2, -0.15) is 0 Å². The van der Waals surface area contributed by atoms with E-state index in [9.17, 15) is 14.7 Å². The quantitative estimate of drug-likeness (QED) is 0.752. The minimum Gasteiger partial charge on any atom is -0.477 e. The van der Waals surface area contributed by atoms with Gasteiger partial charge in [0.25, 0.3) is 0 Å². The van der Waals surface area contributed by atoms with Crippen LogP contribution in [0, 0.1) is 17.8 Å². The van der Waals surface area contributed by atoms with Crippen LogP contribution in [0.1, 0.15) is 77.1 Å². The van der Waals surface area contributed by atoms with Gasteiger partial charge in [0.1, 0.15) is 5.56 Å². The Morgan fingerprint density at radius 1 is 1.26 bits per heavy atom. The first-order valence-electron chi connectivity index (χ1n) is 10.0. The number of hydrogen-bond donors (Lipinski definition) is 1. The molecule has 1 amide bonds. The van der Waals surface area contributed by atoms with Crippen molar-refractivity contribution in [3.05, 3.63) is 17.8 Å². The fourth-order valence-electron chi connectivity index (χ4n) is 3.54.